The van der Waals surface area contributed by atoms with Crippen molar-refractivity contribution >= 4 is 0 Å². The summed E-state index contributed by atoms with van der Waals surface area (Å²) in [7, 11) is 0. The first kappa shape index (κ1) is 14.2. The standard InChI is InChI=1S/C14H17F3O2/c15-14(16,17)7-2-8-19-11-6-5-10-3-1-4-13(18)12(10)9-11/h5-6,9,13,18H,1-4,7-8H2/t13-/m0/s1. The van der Waals surface area contributed by atoms with Crippen LogP contribution >= 0.6 is 0 Å². The minimum Gasteiger partial charge on any atom is -0.494 e. The molecule has 0 unspecified atom stereocenters. The smallest absolute Gasteiger partial charge is 0.389 e. The molecule has 0 bridgehead atoms. The molecule has 0 saturated carbocycles. The van der Waals surface area contributed by atoms with Gasteiger partial charge in [0, 0.05) is 6.42 Å². The molecule has 0 spiro atoms. The second-order valence-electron chi connectivity index (χ2n) is 4.84. The van der Waals surface area contributed by atoms with Crippen LogP contribution < -0.4 is 4.74 Å². The van der Waals surface area contributed by atoms with Crippen LogP contribution in [0.2, 0.25) is 0 Å². The lowest BCUT2D eigenvalue weighted by Crippen LogP contribution is -2.11. The number of ether oxygens (including phenoxy) is 1. The van der Waals surface area contributed by atoms with Gasteiger partial charge >= 0.3 is 6.18 Å². The second-order valence-corrected chi connectivity index (χ2v) is 4.84. The van der Waals surface area contributed by atoms with Crippen LogP contribution in [0, 0.1) is 0 Å². The third-order valence-electron chi connectivity index (χ3n) is 3.27. The number of benzene rings is 1. The van der Waals surface area contributed by atoms with Crippen LogP contribution in [0.15, 0.2) is 18.2 Å². The summed E-state index contributed by atoms with van der Waals surface area (Å²) in [6, 6.07) is 5.38. The lowest BCUT2D eigenvalue weighted by atomic mass is 9.89. The molecule has 2 nitrogen and oxygen atoms in total. The van der Waals surface area contributed by atoms with E-state index in [1.807, 2.05) is 6.07 Å². The maximum atomic E-state index is 12.0. The molecular formula is C14H17F3O2. The van der Waals surface area contributed by atoms with Gasteiger partial charge in [-0.15, -0.1) is 0 Å². The summed E-state index contributed by atoms with van der Waals surface area (Å²) in [4.78, 5) is 0. The molecule has 0 aromatic heterocycles. The highest BCUT2D eigenvalue weighted by Gasteiger charge is 2.26. The van der Waals surface area contributed by atoms with Gasteiger partial charge in [-0.3, -0.25) is 0 Å². The number of alkyl halides is 3. The van der Waals surface area contributed by atoms with Gasteiger partial charge in [0.05, 0.1) is 12.7 Å². The molecule has 0 amide bonds. The van der Waals surface area contributed by atoms with E-state index in [1.54, 1.807) is 12.1 Å². The van der Waals surface area contributed by atoms with Gasteiger partial charge in [-0.1, -0.05) is 6.07 Å². The molecule has 1 aliphatic rings. The quantitative estimate of drug-likeness (QED) is 0.847. The van der Waals surface area contributed by atoms with Crippen molar-refractivity contribution in [3.8, 4) is 5.75 Å². The summed E-state index contributed by atoms with van der Waals surface area (Å²) in [6.45, 7) is 0.0361. The normalized spacial score (nSPS) is 19.1. The summed E-state index contributed by atoms with van der Waals surface area (Å²) >= 11 is 0. The average Bonchev–Trinajstić information content (AvgIpc) is 2.34. The number of rotatable bonds is 4. The van der Waals surface area contributed by atoms with Crippen LogP contribution in [0.1, 0.15) is 42.9 Å². The molecule has 0 fully saturated rings. The molecule has 2 rings (SSSR count). The van der Waals surface area contributed by atoms with Crippen LogP contribution in [0.25, 0.3) is 0 Å². The number of halogens is 3. The first-order chi connectivity index (χ1) is 8.96. The summed E-state index contributed by atoms with van der Waals surface area (Å²) in [5, 5.41) is 9.86. The molecule has 0 saturated heterocycles. The highest BCUT2D eigenvalue weighted by molar-refractivity contribution is 5.38. The Balaban J connectivity index is 1.89. The molecule has 1 atom stereocenters. The van der Waals surface area contributed by atoms with Gasteiger partial charge < -0.3 is 9.84 Å². The lowest BCUT2D eigenvalue weighted by Gasteiger charge is -2.22. The third kappa shape index (κ3) is 4.13. The van der Waals surface area contributed by atoms with Crippen molar-refractivity contribution < 1.29 is 23.0 Å². The third-order valence-corrected chi connectivity index (χ3v) is 3.27. The topological polar surface area (TPSA) is 29.5 Å². The minimum atomic E-state index is -4.13. The summed E-state index contributed by atoms with van der Waals surface area (Å²) in [5.74, 6) is 0.530. The van der Waals surface area contributed by atoms with Gasteiger partial charge in [0.25, 0.3) is 0 Å². The van der Waals surface area contributed by atoms with Crippen LogP contribution in [0.5, 0.6) is 5.75 Å². The van der Waals surface area contributed by atoms with E-state index < -0.39 is 18.7 Å². The zero-order valence-corrected chi connectivity index (χ0v) is 10.5. The lowest BCUT2D eigenvalue weighted by molar-refractivity contribution is -0.136. The van der Waals surface area contributed by atoms with Crippen LogP contribution in [0.3, 0.4) is 0 Å². The highest BCUT2D eigenvalue weighted by atomic mass is 19.4. The Kier molecular flexibility index (Phi) is 4.34. The Bertz CT molecular complexity index is 429. The zero-order chi connectivity index (χ0) is 13.9. The van der Waals surface area contributed by atoms with E-state index in [2.05, 4.69) is 0 Å². The van der Waals surface area contributed by atoms with Gasteiger partial charge in [-0.05, 0) is 48.9 Å². The Morgan fingerprint density at radius 2 is 2.11 bits per heavy atom. The molecule has 1 N–H and O–H groups in total. The fourth-order valence-electron chi connectivity index (χ4n) is 2.30. The number of fused-ring (bicyclic) bond motifs is 1. The second kappa shape index (κ2) is 5.82. The Morgan fingerprint density at radius 3 is 2.84 bits per heavy atom. The van der Waals surface area contributed by atoms with E-state index in [9.17, 15) is 18.3 Å². The molecule has 1 aliphatic carbocycles. The molecule has 1 aromatic carbocycles. The number of aliphatic hydroxyl groups excluding tert-OH is 1. The van der Waals surface area contributed by atoms with E-state index in [-0.39, 0.29) is 13.0 Å². The van der Waals surface area contributed by atoms with Crippen LogP contribution in [0.4, 0.5) is 13.2 Å². The molecule has 1 aromatic rings. The molecule has 0 radical (unpaired) electrons. The van der Waals surface area contributed by atoms with Crippen molar-refractivity contribution in [3.63, 3.8) is 0 Å². The Labute approximate surface area is 110 Å². The maximum absolute atomic E-state index is 12.0. The van der Waals surface area contributed by atoms with Gasteiger partial charge in [0.1, 0.15) is 5.75 Å². The number of aryl methyl sites for hydroxylation is 1. The van der Waals surface area contributed by atoms with Crippen molar-refractivity contribution in [2.75, 3.05) is 6.61 Å². The average molecular weight is 274 g/mol. The first-order valence-electron chi connectivity index (χ1n) is 6.46. The zero-order valence-electron chi connectivity index (χ0n) is 10.5. The Hall–Kier alpha value is -1.23. The van der Waals surface area contributed by atoms with Crippen molar-refractivity contribution in [3.05, 3.63) is 29.3 Å². The largest absolute Gasteiger partial charge is 0.494 e. The fourth-order valence-corrected chi connectivity index (χ4v) is 2.30. The van der Waals surface area contributed by atoms with E-state index in [1.165, 1.54) is 0 Å². The fraction of sp³-hybridized carbons (Fsp3) is 0.571. The highest BCUT2D eigenvalue weighted by Crippen LogP contribution is 2.32. The van der Waals surface area contributed by atoms with Gasteiger partial charge in [-0.2, -0.15) is 13.2 Å². The summed E-state index contributed by atoms with van der Waals surface area (Å²) in [6.07, 6.45) is -2.88. The number of hydrogen-bond donors (Lipinski definition) is 1. The van der Waals surface area contributed by atoms with Gasteiger partial charge in [-0.25, -0.2) is 0 Å². The summed E-state index contributed by atoms with van der Waals surface area (Å²) in [5.41, 5.74) is 1.95. The van der Waals surface area contributed by atoms with Crippen molar-refractivity contribution in [1.29, 1.82) is 0 Å². The number of hydrogen-bond acceptors (Lipinski definition) is 2. The first-order valence-corrected chi connectivity index (χ1v) is 6.46. The maximum Gasteiger partial charge on any atom is 0.389 e. The monoisotopic (exact) mass is 274 g/mol. The molecule has 0 heterocycles. The van der Waals surface area contributed by atoms with Gasteiger partial charge in [0.2, 0.25) is 0 Å². The molecule has 0 aliphatic heterocycles. The molecular weight excluding hydrogens is 257 g/mol. The summed E-state index contributed by atoms with van der Waals surface area (Å²) < 4.78 is 41.2. The van der Waals surface area contributed by atoms with E-state index >= 15 is 0 Å². The number of aliphatic hydroxyl groups is 1. The van der Waals surface area contributed by atoms with E-state index in [4.69, 9.17) is 4.74 Å². The predicted molar refractivity (Wildman–Crippen MR) is 65.1 cm³/mol. The predicted octanol–water partition coefficient (Wildman–Crippen LogP) is 3.78. The molecule has 5 heteroatoms. The van der Waals surface area contributed by atoms with E-state index in [0.29, 0.717) is 5.75 Å². The molecule has 106 valence electrons. The van der Waals surface area contributed by atoms with E-state index in [0.717, 1.165) is 30.4 Å². The van der Waals surface area contributed by atoms with Crippen LogP contribution in [-0.4, -0.2) is 17.9 Å². The van der Waals surface area contributed by atoms with Crippen molar-refractivity contribution in [2.45, 2.75) is 44.4 Å². The minimum absolute atomic E-state index is 0.0361. The molecule has 19 heavy (non-hydrogen) atoms. The SMILES string of the molecule is O[C@H]1CCCc2ccc(OCCCC(F)(F)F)cc21. The van der Waals surface area contributed by atoms with Gasteiger partial charge in [0.15, 0.2) is 0 Å². The van der Waals surface area contributed by atoms with Crippen molar-refractivity contribution in [1.82, 2.24) is 0 Å². The van der Waals surface area contributed by atoms with Crippen molar-refractivity contribution in [2.24, 2.45) is 0 Å². The Morgan fingerprint density at radius 1 is 1.32 bits per heavy atom. The van der Waals surface area contributed by atoms with Crippen LogP contribution in [-0.2, 0) is 6.42 Å².